The van der Waals surface area contributed by atoms with Crippen LogP contribution in [0.1, 0.15) is 30.4 Å². The highest BCUT2D eigenvalue weighted by molar-refractivity contribution is 5.79. The van der Waals surface area contributed by atoms with Gasteiger partial charge < -0.3 is 15.6 Å². The summed E-state index contributed by atoms with van der Waals surface area (Å²) in [5.41, 5.74) is 7.28. The molecule has 1 atom stereocenters. The molecule has 1 amide bonds. The third-order valence-electron chi connectivity index (χ3n) is 4.13. The number of carbonyl (C=O) groups is 1. The van der Waals surface area contributed by atoms with E-state index in [1.54, 1.807) is 0 Å². The van der Waals surface area contributed by atoms with Gasteiger partial charge in [0.2, 0.25) is 5.91 Å². The van der Waals surface area contributed by atoms with E-state index in [9.17, 15) is 9.90 Å². The van der Waals surface area contributed by atoms with Gasteiger partial charge in [-0.2, -0.15) is 0 Å². The van der Waals surface area contributed by atoms with Gasteiger partial charge in [0, 0.05) is 12.1 Å². The summed E-state index contributed by atoms with van der Waals surface area (Å²) < 4.78 is 5.24. The monoisotopic (exact) mass is 304 g/mol. The molecule has 1 aliphatic rings. The molecule has 1 saturated heterocycles. The lowest BCUT2D eigenvalue weighted by atomic mass is 9.99. The summed E-state index contributed by atoms with van der Waals surface area (Å²) >= 11 is 0. The fourth-order valence-electron chi connectivity index (χ4n) is 3.01. The van der Waals surface area contributed by atoms with Crippen molar-refractivity contribution >= 4 is 5.91 Å². The van der Waals surface area contributed by atoms with Crippen molar-refractivity contribution in [2.24, 2.45) is 5.73 Å². The SMILES string of the molecule is C=CCc1cc(CN2CCCCC2C(N)=O)c(O)c(OC)c1. The topological polar surface area (TPSA) is 75.8 Å². The van der Waals surface area contributed by atoms with E-state index in [0.29, 0.717) is 18.7 Å². The van der Waals surface area contributed by atoms with Crippen LogP contribution in [0.5, 0.6) is 11.5 Å². The highest BCUT2D eigenvalue weighted by atomic mass is 16.5. The Morgan fingerprint density at radius 1 is 1.55 bits per heavy atom. The molecular weight excluding hydrogens is 280 g/mol. The Labute approximate surface area is 131 Å². The maximum Gasteiger partial charge on any atom is 0.234 e. The number of rotatable bonds is 6. The van der Waals surface area contributed by atoms with Gasteiger partial charge >= 0.3 is 0 Å². The average Bonchev–Trinajstić information content (AvgIpc) is 2.51. The molecule has 1 aromatic rings. The maximum absolute atomic E-state index is 11.6. The van der Waals surface area contributed by atoms with Crippen molar-refractivity contribution in [1.29, 1.82) is 0 Å². The standard InChI is InChI=1S/C17H24N2O3/c1-3-6-12-9-13(16(20)15(10-12)22-2)11-19-8-5-4-7-14(19)17(18)21/h3,9-10,14,20H,1,4-8,11H2,2H3,(H2,18,21). The smallest absolute Gasteiger partial charge is 0.234 e. The van der Waals surface area contributed by atoms with E-state index in [2.05, 4.69) is 6.58 Å². The lowest BCUT2D eigenvalue weighted by Crippen LogP contribution is -2.47. The van der Waals surface area contributed by atoms with Crippen molar-refractivity contribution in [3.05, 3.63) is 35.9 Å². The fraction of sp³-hybridized carbons (Fsp3) is 0.471. The first-order valence-electron chi connectivity index (χ1n) is 7.59. The largest absolute Gasteiger partial charge is 0.504 e. The Morgan fingerprint density at radius 2 is 2.32 bits per heavy atom. The van der Waals surface area contributed by atoms with Crippen LogP contribution >= 0.6 is 0 Å². The number of ether oxygens (including phenoxy) is 1. The molecular formula is C17H24N2O3. The Hall–Kier alpha value is -2.01. The van der Waals surface area contributed by atoms with Crippen molar-refractivity contribution in [1.82, 2.24) is 4.90 Å². The predicted octanol–water partition coefficient (Wildman–Crippen LogP) is 1.97. The molecule has 2 rings (SSSR count). The number of phenols is 1. The number of carbonyl (C=O) groups excluding carboxylic acids is 1. The molecule has 0 aromatic heterocycles. The number of aromatic hydroxyl groups is 1. The van der Waals surface area contributed by atoms with Crippen molar-refractivity contribution in [3.8, 4) is 11.5 Å². The molecule has 1 unspecified atom stereocenters. The number of nitrogens with zero attached hydrogens (tertiary/aromatic N) is 1. The Kier molecular flexibility index (Phi) is 5.44. The summed E-state index contributed by atoms with van der Waals surface area (Å²) in [7, 11) is 1.53. The molecule has 0 bridgehead atoms. The van der Waals surface area contributed by atoms with Gasteiger partial charge in [0.15, 0.2) is 11.5 Å². The van der Waals surface area contributed by atoms with Crippen LogP contribution in [0.4, 0.5) is 0 Å². The summed E-state index contributed by atoms with van der Waals surface area (Å²) in [4.78, 5) is 13.7. The quantitative estimate of drug-likeness (QED) is 0.788. The first-order valence-corrected chi connectivity index (χ1v) is 7.59. The number of piperidine rings is 1. The van der Waals surface area contributed by atoms with Crippen LogP contribution in [0, 0.1) is 0 Å². The molecule has 120 valence electrons. The van der Waals surface area contributed by atoms with E-state index in [-0.39, 0.29) is 17.7 Å². The van der Waals surface area contributed by atoms with Crippen LogP contribution in [-0.4, -0.2) is 35.6 Å². The molecule has 0 radical (unpaired) electrons. The summed E-state index contributed by atoms with van der Waals surface area (Å²) in [6, 6.07) is 3.48. The number of nitrogens with two attached hydrogens (primary N) is 1. The lowest BCUT2D eigenvalue weighted by molar-refractivity contribution is -0.124. The number of phenolic OH excluding ortho intramolecular Hbond substituents is 1. The Bertz CT molecular complexity index is 557. The third kappa shape index (κ3) is 3.60. The molecule has 3 N–H and O–H groups in total. The zero-order valence-electron chi connectivity index (χ0n) is 13.0. The normalized spacial score (nSPS) is 18.9. The van der Waals surface area contributed by atoms with Crippen LogP contribution < -0.4 is 10.5 Å². The number of primary amides is 1. The number of methoxy groups -OCH3 is 1. The van der Waals surface area contributed by atoms with Gasteiger partial charge in [0.25, 0.3) is 0 Å². The zero-order valence-corrected chi connectivity index (χ0v) is 13.0. The van der Waals surface area contributed by atoms with Crippen molar-refractivity contribution in [2.45, 2.75) is 38.3 Å². The second-order valence-electron chi connectivity index (χ2n) is 5.68. The molecule has 0 saturated carbocycles. The van der Waals surface area contributed by atoms with Crippen LogP contribution in [0.25, 0.3) is 0 Å². The van der Waals surface area contributed by atoms with Crippen molar-refractivity contribution in [2.75, 3.05) is 13.7 Å². The van der Waals surface area contributed by atoms with Gasteiger partial charge in [-0.05, 0) is 37.4 Å². The molecule has 5 nitrogen and oxygen atoms in total. The summed E-state index contributed by atoms with van der Waals surface area (Å²) in [5.74, 6) is 0.277. The lowest BCUT2D eigenvalue weighted by Gasteiger charge is -2.33. The Balaban J connectivity index is 2.28. The fourth-order valence-corrected chi connectivity index (χ4v) is 3.01. The van der Waals surface area contributed by atoms with Gasteiger partial charge in [-0.15, -0.1) is 6.58 Å². The first kappa shape index (κ1) is 16.4. The predicted molar refractivity (Wildman–Crippen MR) is 85.8 cm³/mol. The molecule has 0 aliphatic carbocycles. The molecule has 5 heteroatoms. The van der Waals surface area contributed by atoms with E-state index in [1.807, 2.05) is 23.1 Å². The van der Waals surface area contributed by atoms with Gasteiger partial charge in [-0.1, -0.05) is 18.6 Å². The molecule has 1 fully saturated rings. The highest BCUT2D eigenvalue weighted by Crippen LogP contribution is 2.33. The van der Waals surface area contributed by atoms with Crippen LogP contribution in [0.15, 0.2) is 24.8 Å². The van der Waals surface area contributed by atoms with Crippen molar-refractivity contribution < 1.29 is 14.6 Å². The van der Waals surface area contributed by atoms with Crippen LogP contribution in [-0.2, 0) is 17.8 Å². The van der Waals surface area contributed by atoms with Crippen molar-refractivity contribution in [3.63, 3.8) is 0 Å². The van der Waals surface area contributed by atoms with E-state index >= 15 is 0 Å². The van der Waals surface area contributed by atoms with Gasteiger partial charge in [-0.3, -0.25) is 9.69 Å². The molecule has 1 heterocycles. The summed E-state index contributed by atoms with van der Waals surface area (Å²) in [6.45, 7) is 5.03. The third-order valence-corrected chi connectivity index (χ3v) is 4.13. The van der Waals surface area contributed by atoms with Crippen LogP contribution in [0.3, 0.4) is 0 Å². The summed E-state index contributed by atoms with van der Waals surface area (Å²) in [6.07, 6.45) is 5.33. The molecule has 1 aromatic carbocycles. The number of hydrogen-bond donors (Lipinski definition) is 2. The molecule has 0 spiro atoms. The highest BCUT2D eigenvalue weighted by Gasteiger charge is 2.27. The van der Waals surface area contributed by atoms with E-state index < -0.39 is 0 Å². The summed E-state index contributed by atoms with van der Waals surface area (Å²) in [5, 5.41) is 10.3. The zero-order chi connectivity index (χ0) is 16.1. The second-order valence-corrected chi connectivity index (χ2v) is 5.68. The minimum atomic E-state index is -0.298. The molecule has 22 heavy (non-hydrogen) atoms. The van der Waals surface area contributed by atoms with E-state index in [1.165, 1.54) is 7.11 Å². The van der Waals surface area contributed by atoms with E-state index in [0.717, 1.165) is 36.9 Å². The number of likely N-dealkylation sites (tertiary alicyclic amines) is 1. The maximum atomic E-state index is 11.6. The number of amides is 1. The first-order chi connectivity index (χ1) is 10.6. The van der Waals surface area contributed by atoms with Gasteiger partial charge in [0.1, 0.15) is 0 Å². The van der Waals surface area contributed by atoms with Gasteiger partial charge in [-0.25, -0.2) is 0 Å². The number of hydrogen-bond acceptors (Lipinski definition) is 4. The van der Waals surface area contributed by atoms with E-state index in [4.69, 9.17) is 10.5 Å². The second kappa shape index (κ2) is 7.31. The molecule has 1 aliphatic heterocycles. The van der Waals surface area contributed by atoms with Gasteiger partial charge in [0.05, 0.1) is 13.2 Å². The minimum absolute atomic E-state index is 0.129. The Morgan fingerprint density at radius 3 is 2.95 bits per heavy atom. The minimum Gasteiger partial charge on any atom is -0.504 e. The average molecular weight is 304 g/mol. The number of allylic oxidation sites excluding steroid dienone is 1. The number of benzene rings is 1. The van der Waals surface area contributed by atoms with Crippen LogP contribution in [0.2, 0.25) is 0 Å².